The number of nitrogens with zero attached hydrogens (tertiary/aromatic N) is 1. The number of para-hydroxylation sites is 2. The number of anilines is 3. The summed E-state index contributed by atoms with van der Waals surface area (Å²) in [5.41, 5.74) is 2.22. The fourth-order valence-corrected chi connectivity index (χ4v) is 5.47. The maximum absolute atomic E-state index is 13.9. The van der Waals surface area contributed by atoms with Crippen molar-refractivity contribution in [3.05, 3.63) is 84.2 Å². The van der Waals surface area contributed by atoms with Crippen molar-refractivity contribution in [3.8, 4) is 0 Å². The van der Waals surface area contributed by atoms with Crippen LogP contribution in [0, 0.1) is 5.82 Å². The first-order chi connectivity index (χ1) is 16.3. The summed E-state index contributed by atoms with van der Waals surface area (Å²) >= 11 is 0. The molecule has 0 radical (unpaired) electrons. The van der Waals surface area contributed by atoms with Gasteiger partial charge in [0.15, 0.2) is 0 Å². The zero-order chi connectivity index (χ0) is 23.9. The van der Waals surface area contributed by atoms with E-state index in [1.165, 1.54) is 42.5 Å². The van der Waals surface area contributed by atoms with E-state index in [2.05, 4.69) is 15.4 Å². The summed E-state index contributed by atoms with van der Waals surface area (Å²) in [4.78, 5) is 26.8. The van der Waals surface area contributed by atoms with Crippen molar-refractivity contribution in [2.24, 2.45) is 0 Å². The molecule has 8 nitrogen and oxygen atoms in total. The summed E-state index contributed by atoms with van der Waals surface area (Å²) in [6.45, 7) is 0.501. The molecule has 0 saturated carbocycles. The quantitative estimate of drug-likeness (QED) is 0.521. The molecule has 3 aromatic rings. The highest BCUT2D eigenvalue weighted by Crippen LogP contribution is 2.36. The van der Waals surface area contributed by atoms with Crippen LogP contribution < -0.4 is 20.3 Å². The van der Waals surface area contributed by atoms with Gasteiger partial charge in [0, 0.05) is 23.8 Å². The number of benzene rings is 3. The Labute approximate surface area is 195 Å². The summed E-state index contributed by atoms with van der Waals surface area (Å²) in [6, 6.07) is 17.9. The molecule has 1 fully saturated rings. The molecular formula is C24H21FN4O4S. The van der Waals surface area contributed by atoms with E-state index in [0.717, 1.165) is 17.4 Å². The predicted molar refractivity (Wildman–Crippen MR) is 126 cm³/mol. The second kappa shape index (κ2) is 8.45. The minimum absolute atomic E-state index is 0.0954. The van der Waals surface area contributed by atoms with E-state index >= 15 is 0 Å². The van der Waals surface area contributed by atoms with Crippen LogP contribution in [0.3, 0.4) is 0 Å². The number of halogens is 1. The lowest BCUT2D eigenvalue weighted by molar-refractivity contribution is -0.117. The van der Waals surface area contributed by atoms with Gasteiger partial charge < -0.3 is 15.5 Å². The van der Waals surface area contributed by atoms with Gasteiger partial charge in [-0.1, -0.05) is 24.3 Å². The van der Waals surface area contributed by atoms with Gasteiger partial charge in [-0.3, -0.25) is 14.3 Å². The molecule has 3 aromatic carbocycles. The van der Waals surface area contributed by atoms with Crippen LogP contribution in [0.2, 0.25) is 0 Å². The molecule has 1 saturated heterocycles. The number of hydrogen-bond acceptors (Lipinski definition) is 5. The molecule has 0 spiro atoms. The van der Waals surface area contributed by atoms with E-state index < -0.39 is 20.7 Å². The number of carbonyl (C=O) groups excluding carboxylic acids is 2. The molecule has 5 rings (SSSR count). The number of fused-ring (bicyclic) bond motifs is 3. The number of amides is 2. The predicted octanol–water partition coefficient (Wildman–Crippen LogP) is 2.96. The van der Waals surface area contributed by atoms with Crippen molar-refractivity contribution < 1.29 is 22.4 Å². The second-order valence-electron chi connectivity index (χ2n) is 8.19. The monoisotopic (exact) mass is 480 g/mol. The van der Waals surface area contributed by atoms with Crippen LogP contribution in [-0.4, -0.2) is 38.9 Å². The Morgan fingerprint density at radius 3 is 2.47 bits per heavy atom. The van der Waals surface area contributed by atoms with Crippen LogP contribution in [0.1, 0.15) is 16.8 Å². The van der Waals surface area contributed by atoms with E-state index in [-0.39, 0.29) is 29.6 Å². The molecule has 2 aliphatic heterocycles. The maximum atomic E-state index is 13.9. The Morgan fingerprint density at radius 2 is 1.71 bits per heavy atom. The molecular weight excluding hydrogens is 459 g/mol. The standard InChI is InChI=1S/C24H21FN4O4S/c25-18-5-1-4-8-22(18)34(32,33)28-16-11-9-15(10-12-16)23(30)26-17-13-21-24(31)27-19-6-2-3-7-20(19)29(21)14-17/h1-12,17,21,28H,13-14H2,(H,26,30)(H,27,31). The number of hydrogen-bond donors (Lipinski definition) is 3. The van der Waals surface area contributed by atoms with E-state index in [9.17, 15) is 22.4 Å². The summed E-state index contributed by atoms with van der Waals surface area (Å²) in [7, 11) is -4.11. The molecule has 2 unspecified atom stereocenters. The summed E-state index contributed by atoms with van der Waals surface area (Å²) < 4.78 is 41.1. The van der Waals surface area contributed by atoms with Crippen molar-refractivity contribution >= 4 is 38.9 Å². The fraction of sp³-hybridized carbons (Fsp3) is 0.167. The van der Waals surface area contributed by atoms with E-state index in [0.29, 0.717) is 18.5 Å². The van der Waals surface area contributed by atoms with Crippen LogP contribution in [0.4, 0.5) is 21.5 Å². The van der Waals surface area contributed by atoms with Crippen LogP contribution in [-0.2, 0) is 14.8 Å². The van der Waals surface area contributed by atoms with Gasteiger partial charge in [-0.25, -0.2) is 12.8 Å². The topological polar surface area (TPSA) is 108 Å². The lowest BCUT2D eigenvalue weighted by atomic mass is 10.1. The first-order valence-electron chi connectivity index (χ1n) is 10.7. The minimum atomic E-state index is -4.11. The highest BCUT2D eigenvalue weighted by Gasteiger charge is 2.41. The van der Waals surface area contributed by atoms with Crippen molar-refractivity contribution in [1.29, 1.82) is 0 Å². The van der Waals surface area contributed by atoms with Gasteiger partial charge in [-0.2, -0.15) is 0 Å². The third-order valence-corrected chi connectivity index (χ3v) is 7.35. The highest BCUT2D eigenvalue weighted by atomic mass is 32.2. The van der Waals surface area contributed by atoms with Crippen molar-refractivity contribution in [2.75, 3.05) is 21.5 Å². The summed E-state index contributed by atoms with van der Waals surface area (Å²) in [5, 5.41) is 5.86. The Balaban J connectivity index is 1.25. The first kappa shape index (κ1) is 21.9. The molecule has 174 valence electrons. The van der Waals surface area contributed by atoms with Crippen LogP contribution in [0.25, 0.3) is 0 Å². The van der Waals surface area contributed by atoms with Gasteiger partial charge in [0.2, 0.25) is 5.91 Å². The van der Waals surface area contributed by atoms with Gasteiger partial charge in [-0.05, 0) is 55.0 Å². The van der Waals surface area contributed by atoms with Gasteiger partial charge >= 0.3 is 0 Å². The van der Waals surface area contributed by atoms with E-state index in [1.807, 2.05) is 29.2 Å². The second-order valence-corrected chi connectivity index (χ2v) is 9.84. The van der Waals surface area contributed by atoms with Crippen LogP contribution in [0.15, 0.2) is 77.7 Å². The maximum Gasteiger partial charge on any atom is 0.264 e. The van der Waals surface area contributed by atoms with Gasteiger partial charge in [0.25, 0.3) is 15.9 Å². The third-order valence-electron chi connectivity index (χ3n) is 5.94. The molecule has 0 bridgehead atoms. The Kier molecular flexibility index (Phi) is 5.45. The molecule has 2 heterocycles. The smallest absolute Gasteiger partial charge is 0.264 e. The average molecular weight is 481 g/mol. The highest BCUT2D eigenvalue weighted by molar-refractivity contribution is 7.92. The number of nitrogens with one attached hydrogen (secondary N) is 3. The lowest BCUT2D eigenvalue weighted by Crippen LogP contribution is -2.44. The summed E-state index contributed by atoms with van der Waals surface area (Å²) in [5.74, 6) is -1.28. The summed E-state index contributed by atoms with van der Waals surface area (Å²) in [6.07, 6.45) is 0.479. The first-order valence-corrected chi connectivity index (χ1v) is 12.1. The molecule has 2 amide bonds. The fourth-order valence-electron chi connectivity index (χ4n) is 4.33. The Morgan fingerprint density at radius 1 is 1.00 bits per heavy atom. The molecule has 2 atom stereocenters. The molecule has 3 N–H and O–H groups in total. The largest absolute Gasteiger partial charge is 0.356 e. The number of sulfonamides is 1. The molecule has 34 heavy (non-hydrogen) atoms. The Bertz CT molecular complexity index is 1380. The van der Waals surface area contributed by atoms with Crippen LogP contribution >= 0.6 is 0 Å². The minimum Gasteiger partial charge on any atom is -0.356 e. The van der Waals surface area contributed by atoms with Crippen molar-refractivity contribution in [1.82, 2.24) is 5.32 Å². The molecule has 0 aromatic heterocycles. The third kappa shape index (κ3) is 4.08. The van der Waals surface area contributed by atoms with Gasteiger partial charge in [0.1, 0.15) is 16.8 Å². The average Bonchev–Trinajstić information content (AvgIpc) is 3.24. The number of rotatable bonds is 5. The lowest BCUT2D eigenvalue weighted by Gasteiger charge is -2.32. The Hall–Kier alpha value is -3.92. The van der Waals surface area contributed by atoms with Crippen molar-refractivity contribution in [3.63, 3.8) is 0 Å². The van der Waals surface area contributed by atoms with E-state index in [1.54, 1.807) is 0 Å². The van der Waals surface area contributed by atoms with Gasteiger partial charge in [0.05, 0.1) is 11.4 Å². The SMILES string of the molecule is O=C(NC1CC2C(=O)Nc3ccccc3N2C1)c1ccc(NS(=O)(=O)c2ccccc2F)cc1. The molecule has 0 aliphatic carbocycles. The zero-order valence-electron chi connectivity index (χ0n) is 17.9. The zero-order valence-corrected chi connectivity index (χ0v) is 18.7. The van der Waals surface area contributed by atoms with Crippen LogP contribution in [0.5, 0.6) is 0 Å². The number of carbonyl (C=O) groups is 2. The molecule has 10 heteroatoms. The molecule has 2 aliphatic rings. The van der Waals surface area contributed by atoms with Crippen molar-refractivity contribution in [2.45, 2.75) is 23.4 Å². The normalized spacial score (nSPS) is 19.1. The van der Waals surface area contributed by atoms with Gasteiger partial charge in [-0.15, -0.1) is 0 Å². The van der Waals surface area contributed by atoms with E-state index in [4.69, 9.17) is 0 Å².